The number of nitrogens with one attached hydrogen (secondary N) is 1. The molecular weight excluding hydrogens is 288 g/mol. The molecule has 0 aliphatic rings. The minimum atomic E-state index is 0. The van der Waals surface area contributed by atoms with Gasteiger partial charge >= 0.3 is 0 Å². The second kappa shape index (κ2) is 11.4. The summed E-state index contributed by atoms with van der Waals surface area (Å²) in [5.41, 5.74) is 6.81. The molecule has 0 heterocycles. The Balaban J connectivity index is 0.00000400. The average Bonchev–Trinajstić information content (AvgIpc) is 2.38. The topological polar surface area (TPSA) is 64.3 Å². The lowest BCUT2D eigenvalue weighted by Gasteiger charge is -2.08. The van der Waals surface area contributed by atoms with E-state index in [2.05, 4.69) is 5.32 Å². The fourth-order valence-electron chi connectivity index (χ4n) is 1.81. The molecule has 0 bridgehead atoms. The molecular formula is C16H27ClN2O2. The van der Waals surface area contributed by atoms with Gasteiger partial charge in [-0.2, -0.15) is 0 Å². The SMILES string of the molecule is Cc1cccc(OCCCCC(=O)NCCC(C)N)c1.Cl. The van der Waals surface area contributed by atoms with E-state index in [1.807, 2.05) is 38.1 Å². The van der Waals surface area contributed by atoms with Crippen molar-refractivity contribution in [2.75, 3.05) is 13.2 Å². The first-order chi connectivity index (χ1) is 9.58. The monoisotopic (exact) mass is 314 g/mol. The summed E-state index contributed by atoms with van der Waals surface area (Å²) in [5, 5.41) is 2.87. The van der Waals surface area contributed by atoms with E-state index < -0.39 is 0 Å². The second-order valence-corrected chi connectivity index (χ2v) is 5.24. The van der Waals surface area contributed by atoms with Crippen molar-refractivity contribution in [2.24, 2.45) is 5.73 Å². The first-order valence-electron chi connectivity index (χ1n) is 7.29. The van der Waals surface area contributed by atoms with E-state index >= 15 is 0 Å². The maximum Gasteiger partial charge on any atom is 0.219 e. The summed E-state index contributed by atoms with van der Waals surface area (Å²) < 4.78 is 5.63. The zero-order valence-corrected chi connectivity index (χ0v) is 13.7. The van der Waals surface area contributed by atoms with Crippen molar-refractivity contribution in [3.8, 4) is 5.75 Å². The van der Waals surface area contributed by atoms with Gasteiger partial charge in [-0.25, -0.2) is 0 Å². The van der Waals surface area contributed by atoms with Gasteiger partial charge in [-0.1, -0.05) is 12.1 Å². The number of carbonyl (C=O) groups is 1. The molecule has 21 heavy (non-hydrogen) atoms. The van der Waals surface area contributed by atoms with Gasteiger partial charge in [0.15, 0.2) is 0 Å². The third-order valence-corrected chi connectivity index (χ3v) is 2.98. The summed E-state index contributed by atoms with van der Waals surface area (Å²) in [6.07, 6.45) is 3.10. The zero-order valence-electron chi connectivity index (χ0n) is 12.9. The van der Waals surface area contributed by atoms with Crippen LogP contribution in [0.4, 0.5) is 0 Å². The van der Waals surface area contributed by atoms with Crippen LogP contribution in [0.2, 0.25) is 0 Å². The maximum absolute atomic E-state index is 11.5. The molecule has 120 valence electrons. The molecule has 5 heteroatoms. The van der Waals surface area contributed by atoms with Crippen molar-refractivity contribution in [1.29, 1.82) is 0 Å². The molecule has 0 fully saturated rings. The van der Waals surface area contributed by atoms with Gasteiger partial charge in [0.25, 0.3) is 0 Å². The number of ether oxygens (including phenoxy) is 1. The van der Waals surface area contributed by atoms with Crippen LogP contribution >= 0.6 is 12.4 Å². The Bertz CT molecular complexity index is 411. The molecule has 4 nitrogen and oxygen atoms in total. The maximum atomic E-state index is 11.5. The van der Waals surface area contributed by atoms with Gasteiger partial charge in [0.2, 0.25) is 5.91 Å². The number of aryl methyl sites for hydroxylation is 1. The molecule has 0 saturated heterocycles. The number of benzene rings is 1. The molecule has 0 radical (unpaired) electrons. The van der Waals surface area contributed by atoms with Crippen LogP contribution in [0.1, 0.15) is 38.2 Å². The minimum Gasteiger partial charge on any atom is -0.494 e. The molecule has 0 saturated carbocycles. The fourth-order valence-corrected chi connectivity index (χ4v) is 1.81. The summed E-state index contributed by atoms with van der Waals surface area (Å²) in [6.45, 7) is 5.29. The van der Waals surface area contributed by atoms with E-state index in [0.29, 0.717) is 19.6 Å². The van der Waals surface area contributed by atoms with Gasteiger partial charge in [0.1, 0.15) is 5.75 Å². The van der Waals surface area contributed by atoms with Crippen LogP contribution in [0.25, 0.3) is 0 Å². The van der Waals surface area contributed by atoms with E-state index in [0.717, 1.165) is 25.0 Å². The highest BCUT2D eigenvalue weighted by atomic mass is 35.5. The number of carbonyl (C=O) groups excluding carboxylic acids is 1. The van der Waals surface area contributed by atoms with Gasteiger partial charge < -0.3 is 15.8 Å². The van der Waals surface area contributed by atoms with Crippen molar-refractivity contribution in [3.05, 3.63) is 29.8 Å². The highest BCUT2D eigenvalue weighted by Crippen LogP contribution is 2.12. The van der Waals surface area contributed by atoms with Crippen molar-refractivity contribution >= 4 is 18.3 Å². The minimum absolute atomic E-state index is 0. The van der Waals surface area contributed by atoms with Gasteiger partial charge in [-0.15, -0.1) is 12.4 Å². The van der Waals surface area contributed by atoms with Gasteiger partial charge in [0, 0.05) is 19.0 Å². The number of amides is 1. The molecule has 1 rings (SSSR count). The molecule has 1 aromatic rings. The lowest BCUT2D eigenvalue weighted by atomic mass is 10.2. The van der Waals surface area contributed by atoms with E-state index in [9.17, 15) is 4.79 Å². The Morgan fingerprint density at radius 2 is 2.14 bits per heavy atom. The predicted molar refractivity (Wildman–Crippen MR) is 89.0 cm³/mol. The Hall–Kier alpha value is -1.26. The van der Waals surface area contributed by atoms with Crippen LogP contribution < -0.4 is 15.8 Å². The number of nitrogens with two attached hydrogens (primary N) is 1. The fraction of sp³-hybridized carbons (Fsp3) is 0.562. The molecule has 1 atom stereocenters. The summed E-state index contributed by atoms with van der Waals surface area (Å²) in [4.78, 5) is 11.5. The lowest BCUT2D eigenvalue weighted by Crippen LogP contribution is -2.28. The van der Waals surface area contributed by atoms with Crippen molar-refractivity contribution in [3.63, 3.8) is 0 Å². The zero-order chi connectivity index (χ0) is 14.8. The van der Waals surface area contributed by atoms with Crippen molar-refractivity contribution in [1.82, 2.24) is 5.32 Å². The Kier molecular flexibility index (Phi) is 10.7. The van der Waals surface area contributed by atoms with E-state index in [4.69, 9.17) is 10.5 Å². The quantitative estimate of drug-likeness (QED) is 0.689. The predicted octanol–water partition coefficient (Wildman–Crippen LogP) is 2.82. The highest BCUT2D eigenvalue weighted by Gasteiger charge is 2.02. The summed E-state index contributed by atoms with van der Waals surface area (Å²) >= 11 is 0. The van der Waals surface area contributed by atoms with Gasteiger partial charge in [-0.3, -0.25) is 4.79 Å². The molecule has 0 spiro atoms. The molecule has 1 amide bonds. The third-order valence-electron chi connectivity index (χ3n) is 2.98. The molecule has 0 aliphatic heterocycles. The summed E-state index contributed by atoms with van der Waals surface area (Å²) in [5.74, 6) is 0.993. The van der Waals surface area contributed by atoms with Crippen LogP contribution in [-0.4, -0.2) is 25.1 Å². The first-order valence-corrected chi connectivity index (χ1v) is 7.29. The van der Waals surface area contributed by atoms with Gasteiger partial charge in [0.05, 0.1) is 6.61 Å². The highest BCUT2D eigenvalue weighted by molar-refractivity contribution is 5.85. The normalized spacial score (nSPS) is 11.4. The molecule has 0 aliphatic carbocycles. The Morgan fingerprint density at radius 3 is 2.81 bits per heavy atom. The molecule has 1 unspecified atom stereocenters. The number of halogens is 1. The number of hydrogen-bond donors (Lipinski definition) is 2. The standard InChI is InChI=1S/C16H26N2O2.ClH/c1-13-6-5-7-15(12-13)20-11-4-3-8-16(19)18-10-9-14(2)17;/h5-7,12,14H,3-4,8-11,17H2,1-2H3,(H,18,19);1H. The Morgan fingerprint density at radius 1 is 1.38 bits per heavy atom. The molecule has 0 aromatic heterocycles. The van der Waals surface area contributed by atoms with Gasteiger partial charge in [-0.05, 0) is 50.8 Å². The van der Waals surface area contributed by atoms with Crippen LogP contribution in [-0.2, 0) is 4.79 Å². The summed E-state index contributed by atoms with van der Waals surface area (Å²) in [7, 11) is 0. The lowest BCUT2D eigenvalue weighted by molar-refractivity contribution is -0.121. The number of hydrogen-bond acceptors (Lipinski definition) is 3. The van der Waals surface area contributed by atoms with Crippen molar-refractivity contribution < 1.29 is 9.53 Å². The van der Waals surface area contributed by atoms with E-state index in [1.165, 1.54) is 5.56 Å². The molecule has 3 N–H and O–H groups in total. The Labute approximate surface area is 133 Å². The smallest absolute Gasteiger partial charge is 0.219 e. The van der Waals surface area contributed by atoms with Crippen molar-refractivity contribution in [2.45, 2.75) is 45.6 Å². The van der Waals surface area contributed by atoms with Crippen LogP contribution in [0.5, 0.6) is 5.75 Å². The third kappa shape index (κ3) is 10.2. The summed E-state index contributed by atoms with van der Waals surface area (Å²) in [6, 6.07) is 8.13. The largest absolute Gasteiger partial charge is 0.494 e. The van der Waals surface area contributed by atoms with Crippen LogP contribution in [0, 0.1) is 6.92 Å². The number of rotatable bonds is 9. The number of unbranched alkanes of at least 4 members (excludes halogenated alkanes) is 1. The first kappa shape index (κ1) is 19.7. The molecule has 1 aromatic carbocycles. The van der Waals surface area contributed by atoms with E-state index in [1.54, 1.807) is 0 Å². The van der Waals surface area contributed by atoms with Crippen LogP contribution in [0.3, 0.4) is 0 Å². The second-order valence-electron chi connectivity index (χ2n) is 5.24. The van der Waals surface area contributed by atoms with E-state index in [-0.39, 0.29) is 24.4 Å². The van der Waals surface area contributed by atoms with Crippen LogP contribution in [0.15, 0.2) is 24.3 Å². The average molecular weight is 315 g/mol.